The lowest BCUT2D eigenvalue weighted by atomic mass is 10.1. The second-order valence-electron chi connectivity index (χ2n) is 6.15. The van der Waals surface area contributed by atoms with Gasteiger partial charge in [-0.05, 0) is 36.6 Å². The monoisotopic (exact) mass is 457 g/mol. The molecular formula is C18H28IN5O. The third-order valence-electron chi connectivity index (χ3n) is 3.54. The number of hydrogen-bond acceptors (Lipinski definition) is 3. The zero-order valence-electron chi connectivity index (χ0n) is 15.2. The van der Waals surface area contributed by atoms with E-state index in [4.69, 9.17) is 4.74 Å². The summed E-state index contributed by atoms with van der Waals surface area (Å²) >= 11 is 0. The van der Waals surface area contributed by atoms with Gasteiger partial charge in [0.2, 0.25) is 0 Å². The summed E-state index contributed by atoms with van der Waals surface area (Å²) in [5.74, 6) is 2.17. The zero-order valence-corrected chi connectivity index (χ0v) is 17.6. The van der Waals surface area contributed by atoms with Crippen molar-refractivity contribution in [3.8, 4) is 5.75 Å². The molecule has 0 radical (unpaired) electrons. The van der Waals surface area contributed by atoms with Crippen LogP contribution in [0.1, 0.15) is 38.1 Å². The lowest BCUT2D eigenvalue weighted by Crippen LogP contribution is -2.38. The molecule has 0 bridgehead atoms. The summed E-state index contributed by atoms with van der Waals surface area (Å²) in [5.41, 5.74) is 2.19. The van der Waals surface area contributed by atoms with Crippen molar-refractivity contribution in [2.24, 2.45) is 10.9 Å². The van der Waals surface area contributed by atoms with E-state index in [-0.39, 0.29) is 30.0 Å². The molecule has 0 saturated carbocycles. The highest BCUT2D eigenvalue weighted by molar-refractivity contribution is 14.0. The van der Waals surface area contributed by atoms with Gasteiger partial charge in [-0.1, -0.05) is 26.0 Å². The van der Waals surface area contributed by atoms with Crippen LogP contribution in [0.25, 0.3) is 0 Å². The molecular weight excluding hydrogens is 429 g/mol. The van der Waals surface area contributed by atoms with Crippen LogP contribution in [0.5, 0.6) is 5.75 Å². The molecule has 138 valence electrons. The standard InChI is InChI=1S/C18H27N5O.HI/c1-13(2)12-24-17-7-5-15(6-8-17)14(3)22-18(19-4)20-11-16-9-10-21-23-16;/h5-10,13-14H,11-12H2,1-4H3,(H,21,23)(H2,19,20,22);1H. The van der Waals surface area contributed by atoms with Crippen LogP contribution in [0.3, 0.4) is 0 Å². The molecule has 0 aliphatic carbocycles. The van der Waals surface area contributed by atoms with Crippen LogP contribution < -0.4 is 15.4 Å². The number of nitrogens with zero attached hydrogens (tertiary/aromatic N) is 2. The third-order valence-corrected chi connectivity index (χ3v) is 3.54. The number of H-pyrrole nitrogens is 1. The van der Waals surface area contributed by atoms with E-state index in [1.54, 1.807) is 13.2 Å². The van der Waals surface area contributed by atoms with Crippen molar-refractivity contribution in [3.63, 3.8) is 0 Å². The Labute approximate surface area is 166 Å². The Morgan fingerprint density at radius 1 is 1.20 bits per heavy atom. The van der Waals surface area contributed by atoms with Crippen LogP contribution in [-0.2, 0) is 6.54 Å². The maximum absolute atomic E-state index is 5.72. The minimum absolute atomic E-state index is 0. The maximum Gasteiger partial charge on any atom is 0.191 e. The fourth-order valence-electron chi connectivity index (χ4n) is 2.16. The predicted octanol–water partition coefficient (Wildman–Crippen LogP) is 3.49. The van der Waals surface area contributed by atoms with E-state index >= 15 is 0 Å². The Balaban J connectivity index is 0.00000312. The van der Waals surface area contributed by atoms with Gasteiger partial charge in [-0.2, -0.15) is 5.10 Å². The largest absolute Gasteiger partial charge is 0.493 e. The number of nitrogens with one attached hydrogen (secondary N) is 3. The van der Waals surface area contributed by atoms with Crippen molar-refractivity contribution in [3.05, 3.63) is 47.8 Å². The first-order valence-electron chi connectivity index (χ1n) is 8.26. The van der Waals surface area contributed by atoms with Crippen LogP contribution in [-0.4, -0.2) is 29.8 Å². The van der Waals surface area contributed by atoms with Crippen molar-refractivity contribution in [1.29, 1.82) is 0 Å². The molecule has 0 spiro atoms. The van der Waals surface area contributed by atoms with Gasteiger partial charge in [0.25, 0.3) is 0 Å². The van der Waals surface area contributed by atoms with Gasteiger partial charge in [0.1, 0.15) is 5.75 Å². The van der Waals surface area contributed by atoms with Gasteiger partial charge in [0, 0.05) is 13.2 Å². The summed E-state index contributed by atoms with van der Waals surface area (Å²) in [6.07, 6.45) is 1.73. The average molecular weight is 457 g/mol. The SMILES string of the molecule is CN=C(NCc1ccn[nH]1)NC(C)c1ccc(OCC(C)C)cc1.I. The molecule has 3 N–H and O–H groups in total. The van der Waals surface area contributed by atoms with E-state index in [1.165, 1.54) is 5.56 Å². The number of aromatic nitrogens is 2. The van der Waals surface area contributed by atoms with Gasteiger partial charge >= 0.3 is 0 Å². The quantitative estimate of drug-likeness (QED) is 0.338. The molecule has 6 nitrogen and oxygen atoms in total. The Kier molecular flexibility index (Phi) is 9.33. The number of benzene rings is 1. The van der Waals surface area contributed by atoms with Crippen molar-refractivity contribution >= 4 is 29.9 Å². The summed E-state index contributed by atoms with van der Waals surface area (Å²) < 4.78 is 5.72. The number of guanidine groups is 1. The van der Waals surface area contributed by atoms with Gasteiger partial charge in [-0.25, -0.2) is 0 Å². The van der Waals surface area contributed by atoms with Gasteiger partial charge in [-0.3, -0.25) is 10.1 Å². The Bertz CT molecular complexity index is 625. The molecule has 1 heterocycles. The fourth-order valence-corrected chi connectivity index (χ4v) is 2.16. The van der Waals surface area contributed by atoms with E-state index in [0.29, 0.717) is 12.5 Å². The smallest absolute Gasteiger partial charge is 0.191 e. The summed E-state index contributed by atoms with van der Waals surface area (Å²) in [6.45, 7) is 7.77. The van der Waals surface area contributed by atoms with Crippen LogP contribution in [0.2, 0.25) is 0 Å². The molecule has 1 unspecified atom stereocenters. The summed E-state index contributed by atoms with van der Waals surface area (Å²) in [7, 11) is 1.76. The fraction of sp³-hybridized carbons (Fsp3) is 0.444. The van der Waals surface area contributed by atoms with Gasteiger partial charge in [0.15, 0.2) is 5.96 Å². The summed E-state index contributed by atoms with van der Waals surface area (Å²) in [4.78, 5) is 4.25. The third kappa shape index (κ3) is 7.33. The number of ether oxygens (including phenoxy) is 1. The zero-order chi connectivity index (χ0) is 17.4. The van der Waals surface area contributed by atoms with E-state index in [9.17, 15) is 0 Å². The topological polar surface area (TPSA) is 74.3 Å². The Morgan fingerprint density at radius 3 is 2.48 bits per heavy atom. The molecule has 0 fully saturated rings. The highest BCUT2D eigenvalue weighted by atomic mass is 127. The molecule has 1 aromatic heterocycles. The van der Waals surface area contributed by atoms with Crippen LogP contribution in [0.15, 0.2) is 41.5 Å². The first-order valence-corrected chi connectivity index (χ1v) is 8.26. The normalized spacial score (nSPS) is 12.4. The number of rotatable bonds is 7. The first-order chi connectivity index (χ1) is 11.6. The van der Waals surface area contributed by atoms with Crippen LogP contribution >= 0.6 is 24.0 Å². The molecule has 0 saturated heterocycles. The molecule has 2 rings (SSSR count). The highest BCUT2D eigenvalue weighted by Crippen LogP contribution is 2.18. The average Bonchev–Trinajstić information content (AvgIpc) is 3.10. The van der Waals surface area contributed by atoms with Crippen molar-refractivity contribution in [1.82, 2.24) is 20.8 Å². The van der Waals surface area contributed by atoms with Crippen molar-refractivity contribution in [2.45, 2.75) is 33.4 Å². The molecule has 0 aliphatic rings. The second-order valence-corrected chi connectivity index (χ2v) is 6.15. The molecule has 0 amide bonds. The lowest BCUT2D eigenvalue weighted by Gasteiger charge is -2.18. The maximum atomic E-state index is 5.72. The number of aromatic amines is 1. The van der Waals surface area contributed by atoms with E-state index in [0.717, 1.165) is 24.0 Å². The van der Waals surface area contributed by atoms with Crippen LogP contribution in [0.4, 0.5) is 0 Å². The van der Waals surface area contributed by atoms with E-state index in [1.807, 2.05) is 18.2 Å². The second kappa shape index (κ2) is 11.0. The number of halogens is 1. The first kappa shape index (κ1) is 21.3. The molecule has 1 aromatic carbocycles. The lowest BCUT2D eigenvalue weighted by molar-refractivity contribution is 0.271. The van der Waals surface area contributed by atoms with Crippen LogP contribution in [0, 0.1) is 5.92 Å². The predicted molar refractivity (Wildman–Crippen MR) is 113 cm³/mol. The number of hydrogen-bond donors (Lipinski definition) is 3. The minimum Gasteiger partial charge on any atom is -0.493 e. The van der Waals surface area contributed by atoms with Crippen molar-refractivity contribution < 1.29 is 4.74 Å². The van der Waals surface area contributed by atoms with E-state index in [2.05, 4.69) is 58.7 Å². The molecule has 25 heavy (non-hydrogen) atoms. The van der Waals surface area contributed by atoms with Crippen molar-refractivity contribution in [2.75, 3.05) is 13.7 Å². The minimum atomic E-state index is 0. The van der Waals surface area contributed by atoms with E-state index < -0.39 is 0 Å². The number of aliphatic imine (C=N–C) groups is 1. The Morgan fingerprint density at radius 2 is 1.92 bits per heavy atom. The highest BCUT2D eigenvalue weighted by Gasteiger charge is 2.08. The Hall–Kier alpha value is -1.77. The molecule has 0 aliphatic heterocycles. The van der Waals surface area contributed by atoms with Gasteiger partial charge < -0.3 is 15.4 Å². The van der Waals surface area contributed by atoms with Gasteiger partial charge in [0.05, 0.1) is 24.9 Å². The molecule has 1 atom stereocenters. The molecule has 7 heteroatoms. The summed E-state index contributed by atoms with van der Waals surface area (Å²) in [5, 5.41) is 13.5. The summed E-state index contributed by atoms with van der Waals surface area (Å²) in [6, 6.07) is 10.2. The molecule has 2 aromatic rings. The van der Waals surface area contributed by atoms with Gasteiger partial charge in [-0.15, -0.1) is 24.0 Å².